The van der Waals surface area contributed by atoms with E-state index in [1.165, 1.54) is 96.3 Å². The predicted octanol–water partition coefficient (Wildman–Crippen LogP) is 15.6. The number of imidazole rings is 1. The van der Waals surface area contributed by atoms with Crippen LogP contribution in [0, 0.1) is 0 Å². The van der Waals surface area contributed by atoms with Crippen molar-refractivity contribution in [2.45, 2.75) is 0 Å². The summed E-state index contributed by atoms with van der Waals surface area (Å²) in [6.45, 7) is 0. The quantitative estimate of drug-likeness (QED) is 0.164. The third-order valence-corrected chi connectivity index (χ3v) is 13.6. The zero-order valence-corrected chi connectivity index (χ0v) is 32.1. The van der Waals surface area contributed by atoms with Crippen molar-refractivity contribution in [1.29, 1.82) is 0 Å². The molecule has 13 aromatic rings. The van der Waals surface area contributed by atoms with Crippen LogP contribution in [0.15, 0.2) is 194 Å². The van der Waals surface area contributed by atoms with Gasteiger partial charge < -0.3 is 0 Å². The average molecular weight is 753 g/mol. The SMILES string of the molecule is c1ccc2cc3c(cc2c1)nc1c2sc4c5ccccc5ccc4c2cc(-c2ccc(-c4ccc(-c5c6ccccc6cc6ccccc56)c5ccccc45)cc2)n31. The van der Waals surface area contributed by atoms with Crippen molar-refractivity contribution in [2.24, 2.45) is 0 Å². The average Bonchev–Trinajstić information content (AvgIpc) is 3.85. The number of aromatic nitrogens is 2. The largest absolute Gasteiger partial charge is 0.291 e. The first kappa shape index (κ1) is 31.8. The minimum atomic E-state index is 1.01. The number of pyridine rings is 1. The number of fused-ring (bicyclic) bond motifs is 13. The lowest BCUT2D eigenvalue weighted by atomic mass is 9.87. The molecule has 3 heterocycles. The number of benzene rings is 10. The van der Waals surface area contributed by atoms with E-state index in [-0.39, 0.29) is 0 Å². The van der Waals surface area contributed by atoms with E-state index in [0.29, 0.717) is 0 Å². The van der Waals surface area contributed by atoms with Crippen LogP contribution < -0.4 is 0 Å². The molecule has 0 N–H and O–H groups in total. The zero-order chi connectivity index (χ0) is 37.9. The topological polar surface area (TPSA) is 17.3 Å². The van der Waals surface area contributed by atoms with Crippen molar-refractivity contribution < 1.29 is 0 Å². The van der Waals surface area contributed by atoms with Crippen LogP contribution in [-0.4, -0.2) is 9.38 Å². The lowest BCUT2D eigenvalue weighted by Crippen LogP contribution is -1.93. The van der Waals surface area contributed by atoms with E-state index in [1.54, 1.807) is 0 Å². The Hall–Kier alpha value is -7.33. The Morgan fingerprint density at radius 1 is 0.362 bits per heavy atom. The molecule has 0 aliphatic rings. The van der Waals surface area contributed by atoms with Gasteiger partial charge in [-0.3, -0.25) is 4.40 Å². The van der Waals surface area contributed by atoms with Gasteiger partial charge in [0, 0.05) is 15.5 Å². The number of thiophene rings is 1. The molecule has 3 heteroatoms. The fourth-order valence-corrected chi connectivity index (χ4v) is 10.9. The summed E-state index contributed by atoms with van der Waals surface area (Å²) < 4.78 is 4.93. The molecule has 0 radical (unpaired) electrons. The van der Waals surface area contributed by atoms with E-state index >= 15 is 0 Å². The molecular weight excluding hydrogens is 721 g/mol. The summed E-state index contributed by atoms with van der Waals surface area (Å²) >= 11 is 1.86. The van der Waals surface area contributed by atoms with Gasteiger partial charge in [0.1, 0.15) is 0 Å². The van der Waals surface area contributed by atoms with Crippen LogP contribution >= 0.6 is 11.3 Å². The van der Waals surface area contributed by atoms with Crippen LogP contribution in [0.3, 0.4) is 0 Å². The standard InChI is InChI=1S/C55H32N2S/c1-2-13-37-31-51-49(30-36(37)12-1)56-55-54-48(47-26-25-33-11-3-8-18-43(33)53(47)58-54)32-50(57(51)55)35-23-21-34(22-24-35)40-27-28-46(45-20-10-9-19-44(40)45)52-41-16-6-4-14-38(41)29-39-15-5-7-17-42(39)52/h1-32H. The second-order valence-corrected chi connectivity index (χ2v) is 16.5. The van der Waals surface area contributed by atoms with Gasteiger partial charge in [-0.25, -0.2) is 4.98 Å². The van der Waals surface area contributed by atoms with Gasteiger partial charge in [0.25, 0.3) is 0 Å². The van der Waals surface area contributed by atoms with Crippen molar-refractivity contribution in [3.05, 3.63) is 194 Å². The molecule has 3 aromatic heterocycles. The van der Waals surface area contributed by atoms with Crippen molar-refractivity contribution in [2.75, 3.05) is 0 Å². The summed E-state index contributed by atoms with van der Waals surface area (Å²) in [5.41, 5.74) is 10.4. The van der Waals surface area contributed by atoms with Crippen LogP contribution in [-0.2, 0) is 0 Å². The first-order valence-electron chi connectivity index (χ1n) is 19.9. The molecule has 0 unspecified atom stereocenters. The molecular formula is C55H32N2S. The van der Waals surface area contributed by atoms with E-state index in [4.69, 9.17) is 4.98 Å². The predicted molar refractivity (Wildman–Crippen MR) is 249 cm³/mol. The van der Waals surface area contributed by atoms with Gasteiger partial charge in [0.2, 0.25) is 0 Å². The third-order valence-electron chi connectivity index (χ3n) is 12.3. The van der Waals surface area contributed by atoms with Gasteiger partial charge in [-0.2, -0.15) is 0 Å². The minimum Gasteiger partial charge on any atom is -0.291 e. The summed E-state index contributed by atoms with van der Waals surface area (Å²) in [5, 5.41) is 15.1. The Kier molecular flexibility index (Phi) is 6.63. The van der Waals surface area contributed by atoms with Crippen molar-refractivity contribution in [1.82, 2.24) is 9.38 Å². The van der Waals surface area contributed by atoms with Crippen molar-refractivity contribution in [3.63, 3.8) is 0 Å². The fourth-order valence-electron chi connectivity index (χ4n) is 9.62. The smallest absolute Gasteiger partial charge is 0.156 e. The Bertz CT molecular complexity index is 3800. The molecule has 0 atom stereocenters. The molecule has 0 saturated heterocycles. The number of rotatable bonds is 3. The number of hydrogen-bond acceptors (Lipinski definition) is 2. The van der Waals surface area contributed by atoms with Gasteiger partial charge in [0.05, 0.1) is 21.4 Å². The summed E-state index contributed by atoms with van der Waals surface area (Å²) in [6, 6.07) is 71.5. The van der Waals surface area contributed by atoms with Crippen molar-refractivity contribution in [3.8, 4) is 33.5 Å². The molecule has 0 fully saturated rings. The summed E-state index contributed by atoms with van der Waals surface area (Å²) in [6.07, 6.45) is 0. The molecule has 0 bridgehead atoms. The first-order valence-corrected chi connectivity index (χ1v) is 20.7. The highest BCUT2D eigenvalue weighted by molar-refractivity contribution is 7.27. The maximum absolute atomic E-state index is 5.40. The van der Waals surface area contributed by atoms with E-state index in [1.807, 2.05) is 11.3 Å². The van der Waals surface area contributed by atoms with Crippen LogP contribution in [0.5, 0.6) is 0 Å². The van der Waals surface area contributed by atoms with E-state index in [2.05, 4.69) is 199 Å². The highest BCUT2D eigenvalue weighted by Crippen LogP contribution is 2.45. The highest BCUT2D eigenvalue weighted by Gasteiger charge is 2.20. The molecule has 0 aliphatic carbocycles. The molecule has 58 heavy (non-hydrogen) atoms. The summed E-state index contributed by atoms with van der Waals surface area (Å²) in [7, 11) is 0. The molecule has 13 rings (SSSR count). The zero-order valence-electron chi connectivity index (χ0n) is 31.3. The van der Waals surface area contributed by atoms with Crippen LogP contribution in [0.4, 0.5) is 0 Å². The van der Waals surface area contributed by atoms with Crippen LogP contribution in [0.25, 0.3) is 124 Å². The minimum absolute atomic E-state index is 1.01. The molecule has 268 valence electrons. The second-order valence-electron chi connectivity index (χ2n) is 15.5. The van der Waals surface area contributed by atoms with Gasteiger partial charge >= 0.3 is 0 Å². The van der Waals surface area contributed by atoms with Gasteiger partial charge in [0.15, 0.2) is 5.65 Å². The monoisotopic (exact) mass is 752 g/mol. The maximum atomic E-state index is 5.40. The third kappa shape index (κ3) is 4.56. The van der Waals surface area contributed by atoms with Crippen LogP contribution in [0.1, 0.15) is 0 Å². The first-order chi connectivity index (χ1) is 28.7. The number of nitrogens with zero attached hydrogens (tertiary/aromatic N) is 2. The van der Waals surface area contributed by atoms with Gasteiger partial charge in [-0.05, 0) is 106 Å². The van der Waals surface area contributed by atoms with E-state index in [9.17, 15) is 0 Å². The molecule has 0 aliphatic heterocycles. The lowest BCUT2D eigenvalue weighted by molar-refractivity contribution is 1.25. The fraction of sp³-hybridized carbons (Fsp3) is 0. The molecule has 0 amide bonds. The molecule has 10 aromatic carbocycles. The lowest BCUT2D eigenvalue weighted by Gasteiger charge is -2.16. The normalized spacial score (nSPS) is 12.1. The Balaban J connectivity index is 1.02. The second kappa shape index (κ2) is 12.1. The highest BCUT2D eigenvalue weighted by atomic mass is 32.1. The Morgan fingerprint density at radius 3 is 1.66 bits per heavy atom. The molecule has 0 spiro atoms. The van der Waals surface area contributed by atoms with Crippen LogP contribution in [0.2, 0.25) is 0 Å². The maximum Gasteiger partial charge on any atom is 0.156 e. The molecule has 0 saturated carbocycles. The van der Waals surface area contributed by atoms with Gasteiger partial charge in [-0.15, -0.1) is 11.3 Å². The Labute approximate surface area is 337 Å². The number of hydrogen-bond donors (Lipinski definition) is 0. The summed E-state index contributed by atoms with van der Waals surface area (Å²) in [4.78, 5) is 5.40. The van der Waals surface area contributed by atoms with E-state index < -0.39 is 0 Å². The van der Waals surface area contributed by atoms with E-state index in [0.717, 1.165) is 27.9 Å². The summed E-state index contributed by atoms with van der Waals surface area (Å²) in [5.74, 6) is 0. The Morgan fingerprint density at radius 2 is 0.931 bits per heavy atom. The van der Waals surface area contributed by atoms with Crippen molar-refractivity contribution >= 4 is 102 Å². The molecule has 2 nitrogen and oxygen atoms in total. The van der Waals surface area contributed by atoms with Gasteiger partial charge in [-0.1, -0.05) is 170 Å².